The van der Waals surface area contributed by atoms with Crippen molar-refractivity contribution in [3.8, 4) is 0 Å². The van der Waals surface area contributed by atoms with E-state index < -0.39 is 0 Å². The summed E-state index contributed by atoms with van der Waals surface area (Å²) in [5.41, 5.74) is 1.11. The molecule has 0 aliphatic heterocycles. The van der Waals surface area contributed by atoms with Crippen LogP contribution in [0.15, 0.2) is 12.3 Å². The van der Waals surface area contributed by atoms with Crippen LogP contribution >= 0.6 is 0 Å². The predicted octanol–water partition coefficient (Wildman–Crippen LogP) is 1.19. The summed E-state index contributed by atoms with van der Waals surface area (Å²) in [6, 6.07) is 2.81. The molecule has 0 unspecified atom stereocenters. The number of rotatable bonds is 10. The Bertz CT molecular complexity index is 337. The molecule has 5 heteroatoms. The second-order valence-corrected chi connectivity index (χ2v) is 4.68. The van der Waals surface area contributed by atoms with Gasteiger partial charge in [0.1, 0.15) is 0 Å². The van der Waals surface area contributed by atoms with Crippen molar-refractivity contribution >= 4 is 0 Å². The van der Waals surface area contributed by atoms with E-state index >= 15 is 0 Å². The zero-order valence-corrected chi connectivity index (χ0v) is 11.1. The van der Waals surface area contributed by atoms with Crippen LogP contribution in [0.5, 0.6) is 0 Å². The minimum atomic E-state index is 0.709. The highest BCUT2D eigenvalue weighted by Gasteiger charge is 2.20. The molecule has 18 heavy (non-hydrogen) atoms. The van der Waals surface area contributed by atoms with Gasteiger partial charge in [0.2, 0.25) is 0 Å². The van der Waals surface area contributed by atoms with Crippen LogP contribution in [0, 0.1) is 0 Å². The zero-order chi connectivity index (χ0) is 12.6. The van der Waals surface area contributed by atoms with E-state index in [1.54, 1.807) is 7.11 Å². The molecule has 1 fully saturated rings. The van der Waals surface area contributed by atoms with Gasteiger partial charge in [0, 0.05) is 39.1 Å². The van der Waals surface area contributed by atoms with E-state index in [4.69, 9.17) is 9.47 Å². The number of methoxy groups -OCH3 is 1. The average Bonchev–Trinajstić information content (AvgIpc) is 3.11. The molecule has 1 aromatic heterocycles. The quantitative estimate of drug-likeness (QED) is 0.636. The summed E-state index contributed by atoms with van der Waals surface area (Å²) >= 11 is 0. The summed E-state index contributed by atoms with van der Waals surface area (Å²) in [5.74, 6) is 0. The molecule has 1 N–H and O–H groups in total. The number of aromatic nitrogens is 2. The van der Waals surface area contributed by atoms with Crippen LogP contribution in [0.25, 0.3) is 0 Å². The first-order valence-corrected chi connectivity index (χ1v) is 6.71. The summed E-state index contributed by atoms with van der Waals surface area (Å²) in [4.78, 5) is 0. The van der Waals surface area contributed by atoms with Crippen molar-refractivity contribution in [1.82, 2.24) is 15.1 Å². The van der Waals surface area contributed by atoms with Crippen LogP contribution in [0.2, 0.25) is 0 Å². The van der Waals surface area contributed by atoms with Gasteiger partial charge in [-0.1, -0.05) is 0 Å². The molecule has 0 bridgehead atoms. The lowest BCUT2D eigenvalue weighted by molar-refractivity contribution is 0.0960. The first-order chi connectivity index (χ1) is 8.88. The Morgan fingerprint density at radius 3 is 3.06 bits per heavy atom. The topological polar surface area (TPSA) is 48.3 Å². The Balaban J connectivity index is 1.54. The molecule has 102 valence electrons. The van der Waals surface area contributed by atoms with Gasteiger partial charge in [-0.2, -0.15) is 5.10 Å². The van der Waals surface area contributed by atoms with E-state index in [1.165, 1.54) is 12.8 Å². The molecule has 0 saturated heterocycles. The zero-order valence-electron chi connectivity index (χ0n) is 11.1. The van der Waals surface area contributed by atoms with Crippen LogP contribution in [0.4, 0.5) is 0 Å². The third kappa shape index (κ3) is 5.16. The molecule has 0 radical (unpaired) electrons. The van der Waals surface area contributed by atoms with Gasteiger partial charge in [-0.15, -0.1) is 0 Å². The molecule has 2 rings (SSSR count). The van der Waals surface area contributed by atoms with Gasteiger partial charge in [-0.05, 0) is 25.3 Å². The highest BCUT2D eigenvalue weighted by Crippen LogP contribution is 2.18. The molecule has 0 atom stereocenters. The SMILES string of the molecule is COCCCOCCn1ccc(CNC2CC2)n1. The highest BCUT2D eigenvalue weighted by atomic mass is 16.5. The highest BCUT2D eigenvalue weighted by molar-refractivity contribution is 4.99. The van der Waals surface area contributed by atoms with Crippen molar-refractivity contribution in [2.75, 3.05) is 26.9 Å². The number of ether oxygens (including phenoxy) is 2. The fourth-order valence-corrected chi connectivity index (χ4v) is 1.72. The minimum Gasteiger partial charge on any atom is -0.385 e. The van der Waals surface area contributed by atoms with Gasteiger partial charge >= 0.3 is 0 Å². The van der Waals surface area contributed by atoms with Gasteiger partial charge in [0.15, 0.2) is 0 Å². The monoisotopic (exact) mass is 253 g/mol. The van der Waals surface area contributed by atoms with Crippen molar-refractivity contribution in [3.05, 3.63) is 18.0 Å². The third-order valence-electron chi connectivity index (χ3n) is 2.95. The van der Waals surface area contributed by atoms with E-state index in [0.717, 1.165) is 44.5 Å². The minimum absolute atomic E-state index is 0.709. The summed E-state index contributed by atoms with van der Waals surface area (Å²) in [6.07, 6.45) is 5.60. The van der Waals surface area contributed by atoms with Gasteiger partial charge in [0.05, 0.1) is 18.8 Å². The van der Waals surface area contributed by atoms with Crippen LogP contribution in [-0.2, 0) is 22.6 Å². The molecule has 1 aromatic rings. The Labute approximate surface area is 108 Å². The standard InChI is InChI=1S/C13H23N3O2/c1-17-8-2-9-18-10-7-16-6-5-13(15-16)11-14-12-3-4-12/h5-6,12,14H,2-4,7-11H2,1H3. The molecule has 1 heterocycles. The summed E-state index contributed by atoms with van der Waals surface area (Å²) in [7, 11) is 1.71. The van der Waals surface area contributed by atoms with Gasteiger partial charge < -0.3 is 14.8 Å². The Hall–Kier alpha value is -0.910. The van der Waals surface area contributed by atoms with Gasteiger partial charge in [-0.3, -0.25) is 4.68 Å². The Kier molecular flexibility index (Phi) is 5.64. The fourth-order valence-electron chi connectivity index (χ4n) is 1.72. The van der Waals surface area contributed by atoms with Crippen LogP contribution in [0.1, 0.15) is 25.0 Å². The second kappa shape index (κ2) is 7.51. The van der Waals surface area contributed by atoms with E-state index in [0.29, 0.717) is 6.61 Å². The van der Waals surface area contributed by atoms with Crippen LogP contribution in [0.3, 0.4) is 0 Å². The van der Waals surface area contributed by atoms with Crippen molar-refractivity contribution in [3.63, 3.8) is 0 Å². The largest absolute Gasteiger partial charge is 0.385 e. The predicted molar refractivity (Wildman–Crippen MR) is 69.4 cm³/mol. The smallest absolute Gasteiger partial charge is 0.0762 e. The van der Waals surface area contributed by atoms with Crippen LogP contribution in [-0.4, -0.2) is 42.8 Å². The number of nitrogens with one attached hydrogen (secondary N) is 1. The number of nitrogens with zero attached hydrogens (tertiary/aromatic N) is 2. The molecule has 0 amide bonds. The van der Waals surface area contributed by atoms with E-state index in [1.807, 2.05) is 10.9 Å². The molecule has 0 spiro atoms. The summed E-state index contributed by atoms with van der Waals surface area (Å²) in [5, 5.41) is 7.95. The summed E-state index contributed by atoms with van der Waals surface area (Å²) in [6.45, 7) is 3.92. The van der Waals surface area contributed by atoms with Gasteiger partial charge in [0.25, 0.3) is 0 Å². The Morgan fingerprint density at radius 2 is 2.28 bits per heavy atom. The first-order valence-electron chi connectivity index (χ1n) is 6.71. The molecule has 1 aliphatic carbocycles. The maximum atomic E-state index is 5.50. The number of hydrogen-bond donors (Lipinski definition) is 1. The van der Waals surface area contributed by atoms with Crippen molar-refractivity contribution in [1.29, 1.82) is 0 Å². The van der Waals surface area contributed by atoms with Crippen molar-refractivity contribution < 1.29 is 9.47 Å². The van der Waals surface area contributed by atoms with Crippen LogP contribution < -0.4 is 5.32 Å². The van der Waals surface area contributed by atoms with Crippen molar-refractivity contribution in [2.24, 2.45) is 0 Å². The maximum Gasteiger partial charge on any atom is 0.0762 e. The second-order valence-electron chi connectivity index (χ2n) is 4.68. The van der Waals surface area contributed by atoms with E-state index in [-0.39, 0.29) is 0 Å². The molecular formula is C13H23N3O2. The lowest BCUT2D eigenvalue weighted by atomic mass is 10.4. The average molecular weight is 253 g/mol. The lowest BCUT2D eigenvalue weighted by Gasteiger charge is -2.04. The molecule has 1 aliphatic rings. The summed E-state index contributed by atoms with van der Waals surface area (Å²) < 4.78 is 12.4. The normalized spacial score (nSPS) is 15.2. The third-order valence-corrected chi connectivity index (χ3v) is 2.95. The first kappa shape index (κ1) is 13.5. The van der Waals surface area contributed by atoms with Gasteiger partial charge in [-0.25, -0.2) is 0 Å². The fraction of sp³-hybridized carbons (Fsp3) is 0.769. The molecule has 1 saturated carbocycles. The van der Waals surface area contributed by atoms with Crippen molar-refractivity contribution in [2.45, 2.75) is 38.4 Å². The lowest BCUT2D eigenvalue weighted by Crippen LogP contribution is -2.16. The van der Waals surface area contributed by atoms with E-state index in [2.05, 4.69) is 16.5 Å². The molecule has 0 aromatic carbocycles. The number of hydrogen-bond acceptors (Lipinski definition) is 4. The maximum absolute atomic E-state index is 5.50. The Morgan fingerprint density at radius 1 is 1.39 bits per heavy atom. The molecule has 5 nitrogen and oxygen atoms in total. The van der Waals surface area contributed by atoms with E-state index in [9.17, 15) is 0 Å². The molecular weight excluding hydrogens is 230 g/mol.